The van der Waals surface area contributed by atoms with Crippen LogP contribution in [0.2, 0.25) is 10.0 Å². The molecule has 0 aromatic heterocycles. The van der Waals surface area contributed by atoms with E-state index in [4.69, 9.17) is 27.9 Å². The lowest BCUT2D eigenvalue weighted by Gasteiger charge is -2.40. The molecule has 2 aliphatic heterocycles. The largest absolute Gasteiger partial charge is 0.466 e. The van der Waals surface area contributed by atoms with Crippen molar-refractivity contribution in [3.05, 3.63) is 45.1 Å². The minimum absolute atomic E-state index is 0.252. The SMILES string of the molecule is COC(=O)C1=C(C)N=C2SCCCN2C1c1ccc(Cl)c(Cl)c1. The van der Waals surface area contributed by atoms with Crippen LogP contribution in [0.3, 0.4) is 0 Å². The van der Waals surface area contributed by atoms with E-state index >= 15 is 0 Å². The molecule has 1 fully saturated rings. The number of hydrogen-bond donors (Lipinski definition) is 0. The Bertz CT molecular complexity index is 718. The fourth-order valence-electron chi connectivity index (χ4n) is 2.87. The van der Waals surface area contributed by atoms with Gasteiger partial charge in [0.1, 0.15) is 0 Å². The van der Waals surface area contributed by atoms with Gasteiger partial charge in [-0.25, -0.2) is 9.79 Å². The van der Waals surface area contributed by atoms with E-state index in [0.717, 1.165) is 29.4 Å². The lowest BCUT2D eigenvalue weighted by molar-refractivity contribution is -0.136. The number of thioether (sulfide) groups is 1. The van der Waals surface area contributed by atoms with Crippen LogP contribution < -0.4 is 0 Å². The fourth-order valence-corrected chi connectivity index (χ4v) is 4.20. The number of halogens is 2. The third-order valence-corrected chi connectivity index (χ3v) is 5.74. The van der Waals surface area contributed by atoms with E-state index in [-0.39, 0.29) is 12.0 Å². The van der Waals surface area contributed by atoms with Gasteiger partial charge in [-0.3, -0.25) is 0 Å². The molecule has 0 N–H and O–H groups in total. The molecule has 1 aromatic carbocycles. The van der Waals surface area contributed by atoms with Crippen LogP contribution in [0.25, 0.3) is 0 Å². The quantitative estimate of drug-likeness (QED) is 0.728. The molecule has 2 heterocycles. The highest BCUT2D eigenvalue weighted by atomic mass is 35.5. The normalized spacial score (nSPS) is 21.0. The zero-order valence-electron chi connectivity index (χ0n) is 12.8. The van der Waals surface area contributed by atoms with Gasteiger partial charge in [0.05, 0.1) is 34.5 Å². The number of allylic oxidation sites excluding steroid dienone is 1. The van der Waals surface area contributed by atoms with E-state index in [1.807, 2.05) is 19.1 Å². The van der Waals surface area contributed by atoms with Crippen molar-refractivity contribution in [2.45, 2.75) is 19.4 Å². The number of esters is 1. The molecule has 1 atom stereocenters. The van der Waals surface area contributed by atoms with Gasteiger partial charge >= 0.3 is 5.97 Å². The molecule has 1 saturated heterocycles. The molecular formula is C16H16Cl2N2O2S. The Kier molecular flexibility index (Phi) is 4.90. The van der Waals surface area contributed by atoms with E-state index in [0.29, 0.717) is 21.3 Å². The molecule has 1 aromatic rings. The Morgan fingerprint density at radius 2 is 2.17 bits per heavy atom. The number of fused-ring (bicyclic) bond motifs is 1. The zero-order valence-corrected chi connectivity index (χ0v) is 15.1. The summed E-state index contributed by atoms with van der Waals surface area (Å²) in [6, 6.07) is 5.22. The van der Waals surface area contributed by atoms with Crippen molar-refractivity contribution in [1.29, 1.82) is 0 Å². The van der Waals surface area contributed by atoms with Gasteiger partial charge in [-0.15, -0.1) is 0 Å². The average Bonchev–Trinajstić information content (AvgIpc) is 2.55. The lowest BCUT2D eigenvalue weighted by Crippen LogP contribution is -2.42. The number of methoxy groups -OCH3 is 1. The molecule has 23 heavy (non-hydrogen) atoms. The van der Waals surface area contributed by atoms with Crippen LogP contribution in [0, 0.1) is 0 Å². The first-order valence-electron chi connectivity index (χ1n) is 7.25. The molecule has 7 heteroatoms. The summed E-state index contributed by atoms with van der Waals surface area (Å²) in [6.07, 6.45) is 1.04. The van der Waals surface area contributed by atoms with Crippen LogP contribution >= 0.6 is 35.0 Å². The van der Waals surface area contributed by atoms with Gasteiger partial charge in [0, 0.05) is 12.3 Å². The molecule has 1 unspecified atom stereocenters. The summed E-state index contributed by atoms with van der Waals surface area (Å²) in [5.74, 6) is 0.668. The first-order valence-corrected chi connectivity index (χ1v) is 8.99. The van der Waals surface area contributed by atoms with Crippen LogP contribution in [-0.2, 0) is 9.53 Å². The van der Waals surface area contributed by atoms with Crippen molar-refractivity contribution >= 4 is 46.1 Å². The Morgan fingerprint density at radius 1 is 1.39 bits per heavy atom. The third-order valence-electron chi connectivity index (χ3n) is 3.92. The Hall–Kier alpha value is -1.17. The van der Waals surface area contributed by atoms with Gasteiger partial charge < -0.3 is 9.64 Å². The Morgan fingerprint density at radius 3 is 2.87 bits per heavy atom. The molecule has 122 valence electrons. The monoisotopic (exact) mass is 370 g/mol. The highest BCUT2D eigenvalue weighted by Gasteiger charge is 2.37. The maximum atomic E-state index is 12.3. The van der Waals surface area contributed by atoms with E-state index in [9.17, 15) is 4.79 Å². The molecule has 0 radical (unpaired) electrons. The van der Waals surface area contributed by atoms with Crippen molar-refractivity contribution < 1.29 is 9.53 Å². The number of hydrogen-bond acceptors (Lipinski definition) is 5. The van der Waals surface area contributed by atoms with E-state index in [2.05, 4.69) is 9.89 Å². The van der Waals surface area contributed by atoms with E-state index in [1.54, 1.807) is 17.8 Å². The molecule has 2 aliphatic rings. The van der Waals surface area contributed by atoms with Gasteiger partial charge in [0.2, 0.25) is 0 Å². The molecular weight excluding hydrogens is 355 g/mol. The van der Waals surface area contributed by atoms with Crippen LogP contribution in [0.15, 0.2) is 34.5 Å². The zero-order chi connectivity index (χ0) is 16.6. The van der Waals surface area contributed by atoms with Crippen LogP contribution in [0.5, 0.6) is 0 Å². The number of aliphatic imine (C=N–C) groups is 1. The van der Waals surface area contributed by atoms with Crippen LogP contribution in [0.4, 0.5) is 0 Å². The summed E-state index contributed by atoms with van der Waals surface area (Å²) in [4.78, 5) is 19.1. The highest BCUT2D eigenvalue weighted by Crippen LogP contribution is 2.41. The predicted molar refractivity (Wildman–Crippen MR) is 95.1 cm³/mol. The number of carbonyl (C=O) groups excluding carboxylic acids is 1. The van der Waals surface area contributed by atoms with Crippen molar-refractivity contribution in [1.82, 2.24) is 4.90 Å². The number of ether oxygens (including phenoxy) is 1. The van der Waals surface area contributed by atoms with E-state index in [1.165, 1.54) is 7.11 Å². The number of benzene rings is 1. The molecule has 3 rings (SSSR count). The maximum absolute atomic E-state index is 12.3. The summed E-state index contributed by atoms with van der Waals surface area (Å²) in [6.45, 7) is 2.68. The van der Waals surface area contributed by atoms with Gasteiger partial charge in [0.25, 0.3) is 0 Å². The van der Waals surface area contributed by atoms with Crippen LogP contribution in [-0.4, -0.2) is 35.4 Å². The Balaban J connectivity index is 2.14. The Labute approximate surface area is 149 Å². The van der Waals surface area contributed by atoms with Crippen molar-refractivity contribution in [2.24, 2.45) is 4.99 Å². The first-order chi connectivity index (χ1) is 11.0. The predicted octanol–water partition coefficient (Wildman–Crippen LogP) is 4.29. The van der Waals surface area contributed by atoms with Crippen LogP contribution in [0.1, 0.15) is 24.9 Å². The standard InChI is InChI=1S/C16H16Cl2N2O2S/c1-9-13(15(21)22-2)14(10-4-5-11(17)12(18)8-10)20-6-3-7-23-16(20)19-9/h4-5,8,14H,3,6-7H2,1-2H3. The van der Waals surface area contributed by atoms with Crippen molar-refractivity contribution in [3.63, 3.8) is 0 Å². The van der Waals surface area contributed by atoms with E-state index < -0.39 is 0 Å². The minimum atomic E-state index is -0.364. The minimum Gasteiger partial charge on any atom is -0.466 e. The highest BCUT2D eigenvalue weighted by molar-refractivity contribution is 8.13. The second kappa shape index (κ2) is 6.75. The second-order valence-corrected chi connectivity index (χ2v) is 7.23. The summed E-state index contributed by atoms with van der Waals surface area (Å²) in [5, 5.41) is 1.91. The number of amidine groups is 1. The molecule has 0 spiro atoms. The number of rotatable bonds is 2. The maximum Gasteiger partial charge on any atom is 0.338 e. The number of carbonyl (C=O) groups is 1. The third kappa shape index (κ3) is 3.10. The topological polar surface area (TPSA) is 41.9 Å². The first kappa shape index (κ1) is 16.7. The number of nitrogens with zero attached hydrogens (tertiary/aromatic N) is 2. The fraction of sp³-hybridized carbons (Fsp3) is 0.375. The molecule has 0 aliphatic carbocycles. The molecule has 0 amide bonds. The second-order valence-electron chi connectivity index (χ2n) is 5.36. The average molecular weight is 371 g/mol. The molecule has 4 nitrogen and oxygen atoms in total. The van der Waals surface area contributed by atoms with Gasteiger partial charge in [-0.1, -0.05) is 41.0 Å². The van der Waals surface area contributed by atoms with Gasteiger partial charge in [-0.2, -0.15) is 0 Å². The summed E-state index contributed by atoms with van der Waals surface area (Å²) in [7, 11) is 1.39. The van der Waals surface area contributed by atoms with Gasteiger partial charge in [0.15, 0.2) is 5.17 Å². The van der Waals surface area contributed by atoms with Crippen molar-refractivity contribution in [2.75, 3.05) is 19.4 Å². The van der Waals surface area contributed by atoms with Gasteiger partial charge in [-0.05, 0) is 31.0 Å². The summed E-state index contributed by atoms with van der Waals surface area (Å²) < 4.78 is 4.99. The summed E-state index contributed by atoms with van der Waals surface area (Å²) >= 11 is 13.9. The smallest absolute Gasteiger partial charge is 0.338 e. The molecule has 0 bridgehead atoms. The molecule has 0 saturated carbocycles. The van der Waals surface area contributed by atoms with Crippen molar-refractivity contribution in [3.8, 4) is 0 Å². The lowest BCUT2D eigenvalue weighted by atomic mass is 9.94. The summed E-state index contributed by atoms with van der Waals surface area (Å²) in [5.41, 5.74) is 2.15.